The number of hydrogen-bond acceptors (Lipinski definition) is 3. The molecule has 0 aromatic heterocycles. The van der Waals surface area contributed by atoms with Crippen molar-refractivity contribution >= 4 is 11.6 Å². The lowest BCUT2D eigenvalue weighted by Gasteiger charge is -2.31. The van der Waals surface area contributed by atoms with Gasteiger partial charge >= 0.3 is 0 Å². The molecule has 1 aliphatic carbocycles. The van der Waals surface area contributed by atoms with Crippen LogP contribution < -0.4 is 16.0 Å². The van der Waals surface area contributed by atoms with Gasteiger partial charge in [-0.3, -0.25) is 4.79 Å². The van der Waals surface area contributed by atoms with Gasteiger partial charge in [0.15, 0.2) is 0 Å². The van der Waals surface area contributed by atoms with Crippen molar-refractivity contribution in [2.45, 2.75) is 18.4 Å². The molecule has 1 amide bonds. The van der Waals surface area contributed by atoms with Crippen molar-refractivity contribution in [3.63, 3.8) is 0 Å². The van der Waals surface area contributed by atoms with Crippen LogP contribution in [-0.4, -0.2) is 25.5 Å². The van der Waals surface area contributed by atoms with Crippen molar-refractivity contribution in [3.8, 4) is 0 Å². The first-order valence-electron chi connectivity index (χ1n) is 6.09. The third-order valence-corrected chi connectivity index (χ3v) is 3.61. The average molecular weight is 231 g/mol. The van der Waals surface area contributed by atoms with Crippen molar-refractivity contribution < 1.29 is 4.79 Å². The molecule has 1 aromatic rings. The number of carbonyl (C=O) groups is 1. The molecule has 1 aliphatic heterocycles. The van der Waals surface area contributed by atoms with Crippen LogP contribution in [0.1, 0.15) is 18.4 Å². The van der Waals surface area contributed by atoms with Crippen LogP contribution in [0.5, 0.6) is 0 Å². The summed E-state index contributed by atoms with van der Waals surface area (Å²) in [6.07, 6.45) is 2.09. The Morgan fingerprint density at radius 3 is 2.76 bits per heavy atom. The number of carbonyl (C=O) groups excluding carboxylic acids is 1. The Kier molecular flexibility index (Phi) is 2.33. The Morgan fingerprint density at radius 1 is 1.29 bits per heavy atom. The molecule has 1 aromatic carbocycles. The Labute approximate surface area is 101 Å². The number of piperazine rings is 1. The zero-order valence-corrected chi connectivity index (χ0v) is 9.78. The van der Waals surface area contributed by atoms with E-state index in [4.69, 9.17) is 5.73 Å². The van der Waals surface area contributed by atoms with Crippen LogP contribution in [0.2, 0.25) is 0 Å². The van der Waals surface area contributed by atoms with E-state index in [0.717, 1.165) is 25.1 Å². The van der Waals surface area contributed by atoms with E-state index in [2.05, 4.69) is 22.3 Å². The van der Waals surface area contributed by atoms with Gasteiger partial charge in [0.1, 0.15) is 0 Å². The lowest BCUT2D eigenvalue weighted by atomic mass is 10.0. The molecule has 3 rings (SSSR count). The van der Waals surface area contributed by atoms with Gasteiger partial charge in [0, 0.05) is 24.3 Å². The van der Waals surface area contributed by atoms with Gasteiger partial charge in [-0.05, 0) is 24.5 Å². The Bertz CT molecular complexity index is 454. The fraction of sp³-hybridized carbons (Fsp3) is 0.462. The zero-order chi connectivity index (χ0) is 11.9. The average Bonchev–Trinajstić information content (AvgIpc) is 3.09. The summed E-state index contributed by atoms with van der Waals surface area (Å²) in [4.78, 5) is 13.6. The summed E-state index contributed by atoms with van der Waals surface area (Å²) >= 11 is 0. The second-order valence-corrected chi connectivity index (χ2v) is 4.94. The van der Waals surface area contributed by atoms with Gasteiger partial charge in [0.05, 0.1) is 6.54 Å². The van der Waals surface area contributed by atoms with Crippen LogP contribution in [0.3, 0.4) is 0 Å². The Hall–Kier alpha value is -1.55. The molecule has 2 fully saturated rings. The van der Waals surface area contributed by atoms with E-state index < -0.39 is 0 Å². The number of hydrogen-bond donors (Lipinski definition) is 2. The second-order valence-electron chi connectivity index (χ2n) is 4.94. The van der Waals surface area contributed by atoms with Crippen LogP contribution in [0, 0.1) is 0 Å². The van der Waals surface area contributed by atoms with Crippen LogP contribution in [0.15, 0.2) is 24.3 Å². The lowest BCUT2D eigenvalue weighted by Crippen LogP contribution is -2.48. The minimum atomic E-state index is -0.148. The highest BCUT2D eigenvalue weighted by Gasteiger charge is 2.42. The topological polar surface area (TPSA) is 58.4 Å². The number of nitrogens with one attached hydrogen (secondary N) is 1. The molecular formula is C13H17N3O. The summed E-state index contributed by atoms with van der Waals surface area (Å²) in [5, 5.41) is 2.84. The van der Waals surface area contributed by atoms with E-state index in [0.29, 0.717) is 13.1 Å². The molecular weight excluding hydrogens is 214 g/mol. The smallest absolute Gasteiger partial charge is 0.239 e. The normalized spacial score (nSPS) is 22.2. The highest BCUT2D eigenvalue weighted by molar-refractivity contribution is 5.83. The maximum atomic E-state index is 11.4. The number of para-hydroxylation sites is 1. The first kappa shape index (κ1) is 10.6. The predicted octanol–water partition coefficient (Wildman–Crippen LogP) is 0.571. The number of amides is 1. The lowest BCUT2D eigenvalue weighted by molar-refractivity contribution is -0.120. The van der Waals surface area contributed by atoms with Crippen molar-refractivity contribution in [1.82, 2.24) is 5.32 Å². The van der Waals surface area contributed by atoms with Crippen molar-refractivity contribution in [3.05, 3.63) is 29.8 Å². The molecule has 4 nitrogen and oxygen atoms in total. The molecule has 1 heterocycles. The van der Waals surface area contributed by atoms with Crippen LogP contribution in [-0.2, 0) is 10.3 Å². The van der Waals surface area contributed by atoms with Crippen molar-refractivity contribution in [1.29, 1.82) is 0 Å². The molecule has 0 spiro atoms. The maximum absolute atomic E-state index is 11.4. The minimum Gasteiger partial charge on any atom is -0.360 e. The Balaban J connectivity index is 1.94. The van der Waals surface area contributed by atoms with Gasteiger partial charge in [0.25, 0.3) is 0 Å². The van der Waals surface area contributed by atoms with Crippen LogP contribution in [0.25, 0.3) is 0 Å². The van der Waals surface area contributed by atoms with E-state index >= 15 is 0 Å². The molecule has 0 radical (unpaired) electrons. The summed E-state index contributed by atoms with van der Waals surface area (Å²) in [6, 6.07) is 8.20. The molecule has 3 N–H and O–H groups in total. The molecule has 90 valence electrons. The number of benzene rings is 1. The van der Waals surface area contributed by atoms with Crippen molar-refractivity contribution in [2.24, 2.45) is 5.73 Å². The number of anilines is 1. The third kappa shape index (κ3) is 1.89. The fourth-order valence-electron chi connectivity index (χ4n) is 2.42. The van der Waals surface area contributed by atoms with Gasteiger partial charge in [-0.25, -0.2) is 0 Å². The SMILES string of the molecule is NC1(c2ccccc2N2CCNC(=O)C2)CC1. The van der Waals surface area contributed by atoms with Crippen molar-refractivity contribution in [2.75, 3.05) is 24.5 Å². The Morgan fingerprint density at radius 2 is 2.06 bits per heavy atom. The van der Waals surface area contributed by atoms with E-state index in [1.54, 1.807) is 0 Å². The molecule has 2 aliphatic rings. The largest absolute Gasteiger partial charge is 0.360 e. The first-order chi connectivity index (χ1) is 8.19. The standard InChI is InChI=1S/C13H17N3O/c14-13(5-6-13)10-3-1-2-4-11(10)16-8-7-15-12(17)9-16/h1-4H,5-9,14H2,(H,15,17). The summed E-state index contributed by atoms with van der Waals surface area (Å²) in [5.74, 6) is 0.0907. The summed E-state index contributed by atoms with van der Waals surface area (Å²) in [5.41, 5.74) is 8.45. The summed E-state index contributed by atoms with van der Waals surface area (Å²) in [6.45, 7) is 2.01. The quantitative estimate of drug-likeness (QED) is 0.782. The number of rotatable bonds is 2. The predicted molar refractivity (Wildman–Crippen MR) is 66.8 cm³/mol. The van der Waals surface area contributed by atoms with Crippen LogP contribution in [0.4, 0.5) is 5.69 Å². The molecule has 1 saturated heterocycles. The van der Waals surface area contributed by atoms with E-state index in [1.807, 2.05) is 12.1 Å². The van der Waals surface area contributed by atoms with Crippen LogP contribution >= 0.6 is 0 Å². The van der Waals surface area contributed by atoms with Gasteiger partial charge in [-0.1, -0.05) is 18.2 Å². The molecule has 1 saturated carbocycles. The second kappa shape index (κ2) is 3.74. The fourth-order valence-corrected chi connectivity index (χ4v) is 2.42. The van der Waals surface area contributed by atoms with E-state index in [-0.39, 0.29) is 11.4 Å². The van der Waals surface area contributed by atoms with Gasteiger partial charge in [0.2, 0.25) is 5.91 Å². The zero-order valence-electron chi connectivity index (χ0n) is 9.78. The highest BCUT2D eigenvalue weighted by Crippen LogP contribution is 2.46. The van der Waals surface area contributed by atoms with Gasteiger partial charge in [-0.15, -0.1) is 0 Å². The highest BCUT2D eigenvalue weighted by atomic mass is 16.2. The van der Waals surface area contributed by atoms with E-state index in [9.17, 15) is 4.79 Å². The minimum absolute atomic E-state index is 0.0907. The number of nitrogens with zero attached hydrogens (tertiary/aromatic N) is 1. The monoisotopic (exact) mass is 231 g/mol. The maximum Gasteiger partial charge on any atom is 0.239 e. The van der Waals surface area contributed by atoms with Gasteiger partial charge < -0.3 is 16.0 Å². The molecule has 0 atom stereocenters. The van der Waals surface area contributed by atoms with E-state index in [1.165, 1.54) is 5.56 Å². The molecule has 0 bridgehead atoms. The molecule has 0 unspecified atom stereocenters. The van der Waals surface area contributed by atoms with Gasteiger partial charge in [-0.2, -0.15) is 0 Å². The summed E-state index contributed by atoms with van der Waals surface area (Å²) in [7, 11) is 0. The molecule has 17 heavy (non-hydrogen) atoms. The molecule has 4 heteroatoms. The number of nitrogens with two attached hydrogens (primary N) is 1. The third-order valence-electron chi connectivity index (χ3n) is 3.61. The first-order valence-corrected chi connectivity index (χ1v) is 6.09. The summed E-state index contributed by atoms with van der Waals surface area (Å²) < 4.78 is 0.